The van der Waals surface area contributed by atoms with Crippen molar-refractivity contribution in [2.45, 2.75) is 46.5 Å². The number of benzene rings is 1. The Bertz CT molecular complexity index is 941. The smallest absolute Gasteiger partial charge is 0.132 e. The summed E-state index contributed by atoms with van der Waals surface area (Å²) < 4.78 is 29.2. The number of thiocarbonyl (C=S) groups is 1. The number of hydrogen-bond donors (Lipinski definition) is 1. The van der Waals surface area contributed by atoms with E-state index in [-0.39, 0.29) is 11.5 Å². The highest BCUT2D eigenvalue weighted by molar-refractivity contribution is 7.80. The zero-order valence-corrected chi connectivity index (χ0v) is 19.0. The second-order valence-electron chi connectivity index (χ2n) is 7.67. The first kappa shape index (κ1) is 23.7. The molecule has 2 nitrogen and oxygen atoms in total. The number of halogens is 2. The average molecular weight is 429 g/mol. The third kappa shape index (κ3) is 5.76. The van der Waals surface area contributed by atoms with Crippen molar-refractivity contribution in [1.82, 2.24) is 10.2 Å². The maximum Gasteiger partial charge on any atom is 0.132 e. The van der Waals surface area contributed by atoms with Crippen molar-refractivity contribution in [2.75, 3.05) is 6.54 Å². The average Bonchev–Trinajstić information content (AvgIpc) is 3.10. The second-order valence-corrected chi connectivity index (χ2v) is 8.26. The lowest BCUT2D eigenvalue weighted by Crippen LogP contribution is -2.24. The summed E-state index contributed by atoms with van der Waals surface area (Å²) in [7, 11) is 0. The first-order chi connectivity index (χ1) is 14.1. The molecule has 1 aromatic rings. The van der Waals surface area contributed by atoms with Crippen LogP contribution in [-0.2, 0) is 0 Å². The summed E-state index contributed by atoms with van der Waals surface area (Å²) >= 11 is 5.43. The van der Waals surface area contributed by atoms with Crippen LogP contribution < -0.4 is 5.32 Å². The van der Waals surface area contributed by atoms with Gasteiger partial charge in [0.1, 0.15) is 11.6 Å². The van der Waals surface area contributed by atoms with Crippen LogP contribution in [0.1, 0.15) is 50.7 Å². The van der Waals surface area contributed by atoms with Crippen LogP contribution in [0.25, 0.3) is 0 Å². The fourth-order valence-electron chi connectivity index (χ4n) is 3.73. The minimum Gasteiger partial charge on any atom is -0.360 e. The van der Waals surface area contributed by atoms with Crippen LogP contribution in [0.2, 0.25) is 0 Å². The summed E-state index contributed by atoms with van der Waals surface area (Å²) in [6, 6.07) is 2.82. The molecule has 1 aromatic carbocycles. The fourth-order valence-corrected chi connectivity index (χ4v) is 3.91. The molecule has 30 heavy (non-hydrogen) atoms. The molecular formula is C25H30F2N2S. The van der Waals surface area contributed by atoms with Gasteiger partial charge in [0.2, 0.25) is 0 Å². The van der Waals surface area contributed by atoms with Crippen molar-refractivity contribution in [3.63, 3.8) is 0 Å². The van der Waals surface area contributed by atoms with Crippen molar-refractivity contribution in [1.29, 1.82) is 0 Å². The van der Waals surface area contributed by atoms with Crippen LogP contribution in [0.4, 0.5) is 8.78 Å². The molecule has 0 saturated carbocycles. The molecule has 0 unspecified atom stereocenters. The number of allylic oxidation sites excluding steroid dienone is 6. The number of likely N-dealkylation sites (tertiary alicyclic amines) is 1. The summed E-state index contributed by atoms with van der Waals surface area (Å²) in [6.45, 7) is 16.0. The van der Waals surface area contributed by atoms with Gasteiger partial charge in [-0.3, -0.25) is 0 Å². The van der Waals surface area contributed by atoms with E-state index in [0.717, 1.165) is 22.7 Å². The van der Waals surface area contributed by atoms with Crippen molar-refractivity contribution in [2.24, 2.45) is 0 Å². The van der Waals surface area contributed by atoms with Gasteiger partial charge in [0.05, 0.1) is 4.99 Å². The van der Waals surface area contributed by atoms with E-state index in [1.54, 1.807) is 6.92 Å². The molecule has 1 N–H and O–H groups in total. The highest BCUT2D eigenvalue weighted by atomic mass is 32.1. The Hall–Kier alpha value is -2.53. The molecule has 0 aliphatic carbocycles. The van der Waals surface area contributed by atoms with Gasteiger partial charge in [0, 0.05) is 41.5 Å². The highest BCUT2D eigenvalue weighted by Gasteiger charge is 2.33. The van der Waals surface area contributed by atoms with Gasteiger partial charge in [-0.05, 0) is 57.4 Å². The predicted molar refractivity (Wildman–Crippen MR) is 126 cm³/mol. The first-order valence-electron chi connectivity index (χ1n) is 10.00. The minimum atomic E-state index is -0.501. The lowest BCUT2D eigenvalue weighted by Gasteiger charge is -2.21. The van der Waals surface area contributed by atoms with E-state index in [1.165, 1.54) is 12.1 Å². The zero-order valence-electron chi connectivity index (χ0n) is 18.2. The molecule has 2 rings (SSSR count). The van der Waals surface area contributed by atoms with Crippen LogP contribution in [-0.4, -0.2) is 16.4 Å². The lowest BCUT2D eigenvalue weighted by atomic mass is 9.93. The van der Waals surface area contributed by atoms with E-state index in [1.807, 2.05) is 50.0 Å². The highest BCUT2D eigenvalue weighted by Crippen LogP contribution is 2.39. The number of nitrogens with one attached hydrogen (secondary N) is 1. The summed E-state index contributed by atoms with van der Waals surface area (Å²) in [5.41, 5.74) is 4.22. The normalized spacial score (nSPS) is 18.3. The van der Waals surface area contributed by atoms with Gasteiger partial charge < -0.3 is 10.2 Å². The molecule has 1 saturated heterocycles. The topological polar surface area (TPSA) is 15.3 Å². The number of hydrogen-bond acceptors (Lipinski definition) is 2. The van der Waals surface area contributed by atoms with Crippen LogP contribution in [0.5, 0.6) is 0 Å². The van der Waals surface area contributed by atoms with Gasteiger partial charge in [0.25, 0.3) is 0 Å². The SMILES string of the molecule is C=C(/C=C\C=C/C)NC(=C)C/C(C)=C1\C[C@@H](c2c(F)ccc(C)c2F)CN1C(C)=S. The minimum absolute atomic E-state index is 0.151. The van der Waals surface area contributed by atoms with Gasteiger partial charge in [0.15, 0.2) is 0 Å². The van der Waals surface area contributed by atoms with E-state index in [0.29, 0.717) is 29.9 Å². The molecule has 0 amide bonds. The summed E-state index contributed by atoms with van der Waals surface area (Å²) in [4.78, 5) is 2.68. The van der Waals surface area contributed by atoms with E-state index < -0.39 is 11.6 Å². The van der Waals surface area contributed by atoms with E-state index in [2.05, 4.69) is 18.5 Å². The summed E-state index contributed by atoms with van der Waals surface area (Å²) in [5, 5.41) is 3.19. The van der Waals surface area contributed by atoms with Crippen LogP contribution in [0, 0.1) is 18.6 Å². The molecule has 5 heteroatoms. The largest absolute Gasteiger partial charge is 0.360 e. The maximum absolute atomic E-state index is 14.7. The summed E-state index contributed by atoms with van der Waals surface area (Å²) in [5.74, 6) is -1.25. The van der Waals surface area contributed by atoms with E-state index >= 15 is 0 Å². The second kappa shape index (κ2) is 10.5. The molecule has 1 aliphatic heterocycles. The molecule has 0 spiro atoms. The molecule has 1 fully saturated rings. The van der Waals surface area contributed by atoms with Crippen molar-refractivity contribution in [3.8, 4) is 0 Å². The van der Waals surface area contributed by atoms with Crippen molar-refractivity contribution in [3.05, 3.63) is 95.0 Å². The lowest BCUT2D eigenvalue weighted by molar-refractivity contribution is 0.506. The molecule has 1 atom stereocenters. The zero-order chi connectivity index (χ0) is 22.4. The third-order valence-electron chi connectivity index (χ3n) is 5.19. The van der Waals surface area contributed by atoms with E-state index in [4.69, 9.17) is 12.2 Å². The van der Waals surface area contributed by atoms with Crippen LogP contribution in [0.3, 0.4) is 0 Å². The molecule has 160 valence electrons. The standard InChI is InChI=1S/C25H30F2N2S/c1-7-8-9-10-18(4)28-19(5)13-17(3)23-14-21(15-29(23)20(6)30)24-22(26)12-11-16(2)25(24)27/h7-12,21,28H,4-5,13-15H2,1-3,6H3/b8-7-,10-9-,23-17+/t21-/m1/s1. The molecule has 0 bridgehead atoms. The summed E-state index contributed by atoms with van der Waals surface area (Å²) in [6.07, 6.45) is 8.76. The molecular weight excluding hydrogens is 398 g/mol. The monoisotopic (exact) mass is 428 g/mol. The van der Waals surface area contributed by atoms with E-state index in [9.17, 15) is 8.78 Å². The Labute approximate surface area is 184 Å². The van der Waals surface area contributed by atoms with Gasteiger partial charge >= 0.3 is 0 Å². The van der Waals surface area contributed by atoms with Gasteiger partial charge in [-0.25, -0.2) is 8.78 Å². The molecule has 1 aliphatic rings. The van der Waals surface area contributed by atoms with Crippen molar-refractivity contribution < 1.29 is 8.78 Å². The quantitative estimate of drug-likeness (QED) is 0.379. The van der Waals surface area contributed by atoms with Gasteiger partial charge in [-0.15, -0.1) is 0 Å². The maximum atomic E-state index is 14.7. The molecule has 0 aromatic heterocycles. The predicted octanol–water partition coefficient (Wildman–Crippen LogP) is 6.82. The van der Waals surface area contributed by atoms with Gasteiger partial charge in [-0.2, -0.15) is 0 Å². The Morgan fingerprint density at radius 2 is 1.97 bits per heavy atom. The Balaban J connectivity index is 2.23. The van der Waals surface area contributed by atoms with Crippen LogP contribution in [0.15, 0.2) is 72.3 Å². The Morgan fingerprint density at radius 1 is 1.27 bits per heavy atom. The van der Waals surface area contributed by atoms with Crippen molar-refractivity contribution >= 4 is 17.2 Å². The number of nitrogens with zero attached hydrogens (tertiary/aromatic N) is 1. The van der Waals surface area contributed by atoms with Gasteiger partial charge in [-0.1, -0.05) is 49.7 Å². The third-order valence-corrected chi connectivity index (χ3v) is 5.41. The van der Waals surface area contributed by atoms with Crippen LogP contribution >= 0.6 is 12.2 Å². The molecule has 1 heterocycles. The number of aryl methyl sites for hydroxylation is 1. The number of rotatable bonds is 7. The fraction of sp³-hybridized carbons (Fsp3) is 0.320. The molecule has 0 radical (unpaired) electrons. The Kier molecular flexibility index (Phi) is 8.30. The Morgan fingerprint density at radius 3 is 2.60 bits per heavy atom. The first-order valence-corrected chi connectivity index (χ1v) is 10.4.